The molecule has 0 aromatic heterocycles. The van der Waals surface area contributed by atoms with Crippen molar-refractivity contribution in [1.29, 1.82) is 0 Å². The Hall–Kier alpha value is -6.10. The molecule has 0 aliphatic carbocycles. The molecule has 0 bridgehead atoms. The first-order chi connectivity index (χ1) is 28.5. The third kappa shape index (κ3) is 14.9. The van der Waals surface area contributed by atoms with E-state index in [1.807, 2.05) is 100 Å². The Balaban J connectivity index is 0.000000217. The average molecular weight is 968 g/mol. The highest BCUT2D eigenvalue weighted by atomic mass is 79.9. The van der Waals surface area contributed by atoms with Crippen molar-refractivity contribution in [3.8, 4) is 11.5 Å². The highest BCUT2D eigenvalue weighted by Gasteiger charge is 2.13. The van der Waals surface area contributed by atoms with Gasteiger partial charge in [-0.2, -0.15) is 0 Å². The lowest BCUT2D eigenvalue weighted by Crippen LogP contribution is -2.05. The summed E-state index contributed by atoms with van der Waals surface area (Å²) >= 11 is 12.1. The number of rotatable bonds is 13. The molecule has 0 aliphatic heterocycles. The molecule has 0 saturated carbocycles. The van der Waals surface area contributed by atoms with Crippen molar-refractivity contribution >= 4 is 83.3 Å². The van der Waals surface area contributed by atoms with Crippen LogP contribution in [0.25, 0.3) is 0 Å². The maximum absolute atomic E-state index is 12.5. The number of ether oxygens (including phenoxy) is 2. The summed E-state index contributed by atoms with van der Waals surface area (Å²) in [6.07, 6.45) is 0.794. The minimum absolute atomic E-state index is 0.0492. The normalized spacial score (nSPS) is 10.4. The molecule has 0 aliphatic rings. The van der Waals surface area contributed by atoms with Crippen LogP contribution in [-0.4, -0.2) is 27.0 Å². The third-order valence-corrected chi connectivity index (χ3v) is 9.41. The number of nitro benzene ring substituents is 3. The van der Waals surface area contributed by atoms with E-state index < -0.39 is 15.7 Å². The lowest BCUT2D eigenvalue weighted by molar-refractivity contribution is -0.385. The Morgan fingerprint density at radius 3 is 1.43 bits per heavy atom. The molecule has 0 fully saturated rings. The molecule has 0 heterocycles. The summed E-state index contributed by atoms with van der Waals surface area (Å²) in [7, 11) is 0. The molecule has 6 aromatic carbocycles. The van der Waals surface area contributed by atoms with Crippen molar-refractivity contribution < 1.29 is 28.6 Å². The van der Waals surface area contributed by atoms with Crippen LogP contribution in [0.4, 0.5) is 44.2 Å². The fourth-order valence-electron chi connectivity index (χ4n) is 5.19. The van der Waals surface area contributed by atoms with Crippen LogP contribution in [-0.2, 0) is 6.42 Å². The quantitative estimate of drug-likeness (QED) is 0.0838. The van der Waals surface area contributed by atoms with Gasteiger partial charge in [0.05, 0.1) is 37.1 Å². The van der Waals surface area contributed by atoms with Crippen LogP contribution in [0.15, 0.2) is 136 Å². The molecule has 6 aromatic rings. The molecule has 17 heteroatoms. The minimum atomic E-state index is -0.579. The van der Waals surface area contributed by atoms with E-state index in [1.165, 1.54) is 18.2 Å². The standard InChI is InChI=1S/C22H21ClN2O3.C15H15BrN2O3.C6H3BrFNO2/c1-15(2)28-21-10-7-19(8-11-21)24-22-12-9-20(25(26)27)14-17(22)13-16-3-5-18(23)6-4-16;1-10(2)21-13-6-3-11(4-7-13)17-15-8-5-12(18(19)20)9-14(15)16;7-5-3-4(9(10)11)1-2-6(5)8/h3-12,14-15,24H,13H2,1-2H3;3-10,17H,1-2H3;1-3H. The van der Waals surface area contributed by atoms with E-state index in [-0.39, 0.29) is 38.7 Å². The molecule has 0 spiro atoms. The zero-order valence-electron chi connectivity index (χ0n) is 32.6. The van der Waals surface area contributed by atoms with E-state index in [9.17, 15) is 34.7 Å². The predicted octanol–water partition coefficient (Wildman–Crippen LogP) is 13.8. The average Bonchev–Trinajstić information content (AvgIpc) is 3.19. The van der Waals surface area contributed by atoms with Crippen LogP contribution in [0.3, 0.4) is 0 Å². The Morgan fingerprint density at radius 1 is 0.583 bits per heavy atom. The van der Waals surface area contributed by atoms with Gasteiger partial charge in [-0.3, -0.25) is 30.3 Å². The smallest absolute Gasteiger partial charge is 0.270 e. The van der Waals surface area contributed by atoms with E-state index in [1.54, 1.807) is 18.2 Å². The van der Waals surface area contributed by atoms with Gasteiger partial charge in [0, 0.05) is 63.0 Å². The minimum Gasteiger partial charge on any atom is -0.491 e. The van der Waals surface area contributed by atoms with Gasteiger partial charge in [-0.25, -0.2) is 4.39 Å². The highest BCUT2D eigenvalue weighted by molar-refractivity contribution is 9.10. The van der Waals surface area contributed by atoms with Crippen LogP contribution in [0.5, 0.6) is 11.5 Å². The van der Waals surface area contributed by atoms with Crippen LogP contribution in [0.2, 0.25) is 5.02 Å². The van der Waals surface area contributed by atoms with Crippen LogP contribution in [0, 0.1) is 36.2 Å². The molecule has 2 N–H and O–H groups in total. The van der Waals surface area contributed by atoms with Gasteiger partial charge in [-0.15, -0.1) is 0 Å². The van der Waals surface area contributed by atoms with Crippen molar-refractivity contribution in [2.75, 3.05) is 10.6 Å². The summed E-state index contributed by atoms with van der Waals surface area (Å²) in [4.78, 5) is 30.6. The number of non-ortho nitro benzene ring substituents is 3. The second-order valence-corrected chi connectivity index (χ2v) is 15.5. The van der Waals surface area contributed by atoms with Gasteiger partial charge in [0.1, 0.15) is 17.3 Å². The predicted molar refractivity (Wildman–Crippen MR) is 240 cm³/mol. The van der Waals surface area contributed by atoms with Crippen LogP contribution < -0.4 is 20.1 Å². The van der Waals surface area contributed by atoms with E-state index in [0.29, 0.717) is 15.9 Å². The number of benzene rings is 6. The first-order valence-electron chi connectivity index (χ1n) is 18.1. The highest BCUT2D eigenvalue weighted by Crippen LogP contribution is 2.31. The second-order valence-electron chi connectivity index (χ2n) is 13.3. The number of halogens is 4. The zero-order chi connectivity index (χ0) is 43.9. The number of hydrogen-bond acceptors (Lipinski definition) is 10. The van der Waals surface area contributed by atoms with Crippen molar-refractivity contribution in [1.82, 2.24) is 0 Å². The lowest BCUT2D eigenvalue weighted by atomic mass is 10.0. The van der Waals surface area contributed by atoms with Gasteiger partial charge in [0.25, 0.3) is 17.1 Å². The maximum atomic E-state index is 12.5. The molecule has 0 saturated heterocycles. The molecule has 0 radical (unpaired) electrons. The van der Waals surface area contributed by atoms with Gasteiger partial charge in [-0.05, 0) is 156 Å². The molecular weight excluding hydrogens is 929 g/mol. The molecule has 6 rings (SSSR count). The van der Waals surface area contributed by atoms with Crippen LogP contribution >= 0.6 is 43.5 Å². The summed E-state index contributed by atoms with van der Waals surface area (Å²) in [5.74, 6) is 1.10. The molecular formula is C43H39Br2ClFN5O8. The number of nitrogens with zero attached hydrogens (tertiary/aromatic N) is 3. The van der Waals surface area contributed by atoms with Crippen molar-refractivity contribution in [2.24, 2.45) is 0 Å². The molecule has 0 amide bonds. The largest absolute Gasteiger partial charge is 0.491 e. The Bertz CT molecular complexity index is 2410. The van der Waals surface area contributed by atoms with E-state index >= 15 is 0 Å². The fraction of sp³-hybridized carbons (Fsp3) is 0.163. The number of nitrogens with one attached hydrogen (secondary N) is 2. The van der Waals surface area contributed by atoms with Crippen LogP contribution in [0.1, 0.15) is 38.8 Å². The molecule has 0 unspecified atom stereocenters. The number of hydrogen-bond donors (Lipinski definition) is 2. The zero-order valence-corrected chi connectivity index (χ0v) is 36.5. The van der Waals surface area contributed by atoms with Crippen molar-refractivity contribution in [2.45, 2.75) is 46.3 Å². The Labute approximate surface area is 367 Å². The Kier molecular flexibility index (Phi) is 17.3. The molecule has 0 atom stereocenters. The van der Waals surface area contributed by atoms with Gasteiger partial charge >= 0.3 is 0 Å². The first-order valence-corrected chi connectivity index (χ1v) is 20.1. The molecule has 312 valence electrons. The summed E-state index contributed by atoms with van der Waals surface area (Å²) < 4.78 is 24.5. The monoisotopic (exact) mass is 965 g/mol. The topological polar surface area (TPSA) is 172 Å². The van der Waals surface area contributed by atoms with Gasteiger partial charge in [0.15, 0.2) is 0 Å². The van der Waals surface area contributed by atoms with Crippen molar-refractivity contribution in [3.05, 3.63) is 189 Å². The number of nitro groups is 3. The number of anilines is 4. The Morgan fingerprint density at radius 2 is 1.00 bits per heavy atom. The van der Waals surface area contributed by atoms with E-state index in [0.717, 1.165) is 63.6 Å². The van der Waals surface area contributed by atoms with Gasteiger partial charge in [0.2, 0.25) is 0 Å². The van der Waals surface area contributed by atoms with Gasteiger partial charge in [-0.1, -0.05) is 23.7 Å². The molecule has 13 nitrogen and oxygen atoms in total. The maximum Gasteiger partial charge on any atom is 0.270 e. The van der Waals surface area contributed by atoms with Crippen molar-refractivity contribution in [3.63, 3.8) is 0 Å². The summed E-state index contributed by atoms with van der Waals surface area (Å²) in [5.41, 5.74) is 5.17. The summed E-state index contributed by atoms with van der Waals surface area (Å²) in [6, 6.07) is 35.4. The summed E-state index contributed by atoms with van der Waals surface area (Å²) in [6.45, 7) is 7.90. The summed E-state index contributed by atoms with van der Waals surface area (Å²) in [5, 5.41) is 39.2. The van der Waals surface area contributed by atoms with Gasteiger partial charge < -0.3 is 20.1 Å². The first kappa shape index (κ1) is 46.6. The van der Waals surface area contributed by atoms with E-state index in [4.69, 9.17) is 21.1 Å². The SMILES string of the molecule is CC(C)Oc1ccc(Nc2ccc([N+](=O)[O-])cc2Br)cc1.CC(C)Oc1ccc(Nc2ccc([N+](=O)[O-])cc2Cc2ccc(Cl)cc2)cc1.O=[N+]([O-])c1ccc(F)c(Br)c1. The molecule has 60 heavy (non-hydrogen) atoms. The second kappa shape index (κ2) is 22.3. The third-order valence-electron chi connectivity index (χ3n) is 7.90. The fourth-order valence-corrected chi connectivity index (χ4v) is 6.15. The lowest BCUT2D eigenvalue weighted by Gasteiger charge is -2.14. The van der Waals surface area contributed by atoms with E-state index in [2.05, 4.69) is 42.5 Å².